The highest BCUT2D eigenvalue weighted by molar-refractivity contribution is 7.89. The summed E-state index contributed by atoms with van der Waals surface area (Å²) in [5, 5.41) is 13.4. The van der Waals surface area contributed by atoms with Crippen molar-refractivity contribution in [3.8, 4) is 0 Å². The van der Waals surface area contributed by atoms with E-state index in [1.807, 2.05) is 0 Å². The molecule has 0 spiro atoms. The van der Waals surface area contributed by atoms with Gasteiger partial charge in [-0.1, -0.05) is 0 Å². The van der Waals surface area contributed by atoms with Crippen molar-refractivity contribution >= 4 is 16.0 Å². The van der Waals surface area contributed by atoms with Crippen molar-refractivity contribution in [3.63, 3.8) is 0 Å². The fourth-order valence-corrected chi connectivity index (χ4v) is 1.45. The second kappa shape index (κ2) is 6.72. The Balaban J connectivity index is 4.06. The maximum absolute atomic E-state index is 10.7. The summed E-state index contributed by atoms with van der Waals surface area (Å²) in [7, 11) is -2.07. The van der Waals surface area contributed by atoms with Crippen molar-refractivity contribution < 1.29 is 23.1 Å². The number of rotatable bonds is 8. The first-order chi connectivity index (χ1) is 6.85. The SMILES string of the molecule is COCCN(CCS(N)(=O)=O)CC(=O)O. The lowest BCUT2D eigenvalue weighted by molar-refractivity contribution is -0.138. The number of nitrogens with two attached hydrogens (primary N) is 1. The van der Waals surface area contributed by atoms with Gasteiger partial charge in [0.25, 0.3) is 0 Å². The zero-order chi connectivity index (χ0) is 11.9. The fourth-order valence-electron chi connectivity index (χ4n) is 0.938. The summed E-state index contributed by atoms with van der Waals surface area (Å²) in [5.74, 6) is -1.27. The molecule has 0 aliphatic heterocycles. The molecule has 0 atom stereocenters. The van der Waals surface area contributed by atoms with E-state index in [0.29, 0.717) is 13.2 Å². The van der Waals surface area contributed by atoms with Crippen LogP contribution < -0.4 is 5.14 Å². The largest absolute Gasteiger partial charge is 0.480 e. The number of nitrogens with zero attached hydrogens (tertiary/aromatic N) is 1. The Hall–Kier alpha value is -0.700. The number of hydrogen-bond donors (Lipinski definition) is 2. The van der Waals surface area contributed by atoms with Crippen molar-refractivity contribution in [2.45, 2.75) is 0 Å². The van der Waals surface area contributed by atoms with E-state index in [9.17, 15) is 13.2 Å². The molecule has 0 saturated carbocycles. The number of carboxylic acids is 1. The van der Waals surface area contributed by atoms with E-state index in [2.05, 4.69) is 0 Å². The van der Waals surface area contributed by atoms with E-state index in [1.54, 1.807) is 0 Å². The number of sulfonamides is 1. The van der Waals surface area contributed by atoms with Crippen LogP contribution in [0.4, 0.5) is 0 Å². The van der Waals surface area contributed by atoms with Gasteiger partial charge in [-0.25, -0.2) is 13.6 Å². The first kappa shape index (κ1) is 14.3. The quantitative estimate of drug-likeness (QED) is 0.523. The van der Waals surface area contributed by atoms with Crippen LogP contribution >= 0.6 is 0 Å². The van der Waals surface area contributed by atoms with Crippen LogP contribution in [0, 0.1) is 0 Å². The molecule has 3 N–H and O–H groups in total. The highest BCUT2D eigenvalue weighted by atomic mass is 32.2. The zero-order valence-corrected chi connectivity index (χ0v) is 9.37. The maximum atomic E-state index is 10.7. The second-order valence-electron chi connectivity index (χ2n) is 3.03. The summed E-state index contributed by atoms with van der Waals surface area (Å²) in [6.07, 6.45) is 0. The summed E-state index contributed by atoms with van der Waals surface area (Å²) in [6, 6.07) is 0. The molecular formula is C7H16N2O5S. The molecule has 8 heteroatoms. The summed E-state index contributed by atoms with van der Waals surface area (Å²) in [6.45, 7) is 0.573. The lowest BCUT2D eigenvalue weighted by Crippen LogP contribution is -2.37. The van der Waals surface area contributed by atoms with E-state index >= 15 is 0 Å². The molecule has 0 radical (unpaired) electrons. The van der Waals surface area contributed by atoms with Crippen LogP contribution in [0.1, 0.15) is 0 Å². The van der Waals surface area contributed by atoms with Crippen LogP contribution in [0.15, 0.2) is 0 Å². The number of carbonyl (C=O) groups is 1. The number of methoxy groups -OCH3 is 1. The molecule has 15 heavy (non-hydrogen) atoms. The van der Waals surface area contributed by atoms with Gasteiger partial charge in [-0.2, -0.15) is 0 Å². The van der Waals surface area contributed by atoms with E-state index < -0.39 is 16.0 Å². The van der Waals surface area contributed by atoms with Gasteiger partial charge in [0, 0.05) is 20.2 Å². The smallest absolute Gasteiger partial charge is 0.317 e. The Morgan fingerprint density at radius 3 is 2.47 bits per heavy atom. The van der Waals surface area contributed by atoms with Gasteiger partial charge in [0.1, 0.15) is 0 Å². The number of aliphatic carboxylic acids is 1. The lowest BCUT2D eigenvalue weighted by Gasteiger charge is -2.18. The third kappa shape index (κ3) is 9.60. The van der Waals surface area contributed by atoms with E-state index in [0.717, 1.165) is 0 Å². The van der Waals surface area contributed by atoms with E-state index in [1.165, 1.54) is 12.0 Å². The van der Waals surface area contributed by atoms with Crippen LogP contribution in [0.25, 0.3) is 0 Å². The van der Waals surface area contributed by atoms with E-state index in [-0.39, 0.29) is 18.8 Å². The molecule has 7 nitrogen and oxygen atoms in total. The summed E-state index contributed by atoms with van der Waals surface area (Å²) in [4.78, 5) is 11.9. The predicted molar refractivity (Wildman–Crippen MR) is 53.9 cm³/mol. The summed E-state index contributed by atoms with van der Waals surface area (Å²) < 4.78 is 26.1. The Labute approximate surface area is 88.9 Å². The number of carboxylic acid groups (broad SMARTS) is 1. The minimum absolute atomic E-state index is 0.0918. The Bertz CT molecular complexity index is 290. The molecule has 0 amide bonds. The monoisotopic (exact) mass is 240 g/mol. The van der Waals surface area contributed by atoms with Gasteiger partial charge >= 0.3 is 5.97 Å². The summed E-state index contributed by atoms with van der Waals surface area (Å²) >= 11 is 0. The van der Waals surface area contributed by atoms with Crippen molar-refractivity contribution in [2.75, 3.05) is 39.1 Å². The van der Waals surface area contributed by atoms with Crippen LogP contribution in [-0.2, 0) is 19.6 Å². The fraction of sp³-hybridized carbons (Fsp3) is 0.857. The minimum Gasteiger partial charge on any atom is -0.480 e. The lowest BCUT2D eigenvalue weighted by atomic mass is 10.4. The van der Waals surface area contributed by atoms with Crippen molar-refractivity contribution in [1.29, 1.82) is 0 Å². The Morgan fingerprint density at radius 1 is 1.47 bits per heavy atom. The zero-order valence-electron chi connectivity index (χ0n) is 8.55. The molecule has 0 aromatic rings. The molecule has 0 aromatic carbocycles. The number of primary sulfonamides is 1. The first-order valence-corrected chi connectivity index (χ1v) is 6.00. The molecule has 90 valence electrons. The molecule has 0 aromatic heterocycles. The molecule has 0 heterocycles. The molecule has 0 bridgehead atoms. The number of ether oxygens (including phenoxy) is 1. The van der Waals surface area contributed by atoms with E-state index in [4.69, 9.17) is 15.0 Å². The van der Waals surface area contributed by atoms with Crippen molar-refractivity contribution in [3.05, 3.63) is 0 Å². The van der Waals surface area contributed by atoms with Crippen LogP contribution in [-0.4, -0.2) is 63.5 Å². The number of hydrogen-bond acceptors (Lipinski definition) is 5. The highest BCUT2D eigenvalue weighted by Gasteiger charge is 2.12. The average molecular weight is 240 g/mol. The molecule has 0 unspecified atom stereocenters. The normalized spacial score (nSPS) is 11.9. The first-order valence-electron chi connectivity index (χ1n) is 4.28. The molecule has 0 fully saturated rings. The topological polar surface area (TPSA) is 110 Å². The van der Waals surface area contributed by atoms with Crippen LogP contribution in [0.2, 0.25) is 0 Å². The Kier molecular flexibility index (Phi) is 6.41. The highest BCUT2D eigenvalue weighted by Crippen LogP contribution is 1.90. The standard InChI is InChI=1S/C7H16N2O5S/c1-14-4-2-9(6-7(10)11)3-5-15(8,12)13/h2-6H2,1H3,(H,10,11)(H2,8,12,13). The molecule has 0 aliphatic carbocycles. The maximum Gasteiger partial charge on any atom is 0.317 e. The van der Waals surface area contributed by atoms with Gasteiger partial charge in [-0.3, -0.25) is 9.69 Å². The van der Waals surface area contributed by atoms with Crippen molar-refractivity contribution in [1.82, 2.24) is 4.90 Å². The van der Waals surface area contributed by atoms with Gasteiger partial charge in [0.2, 0.25) is 10.0 Å². The molecule has 0 saturated heterocycles. The van der Waals surface area contributed by atoms with Crippen LogP contribution in [0.5, 0.6) is 0 Å². The average Bonchev–Trinajstić information content (AvgIpc) is 2.07. The van der Waals surface area contributed by atoms with Gasteiger partial charge in [-0.05, 0) is 0 Å². The third-order valence-corrected chi connectivity index (χ3v) is 2.41. The van der Waals surface area contributed by atoms with Gasteiger partial charge in [-0.15, -0.1) is 0 Å². The minimum atomic E-state index is -3.56. The van der Waals surface area contributed by atoms with Crippen molar-refractivity contribution in [2.24, 2.45) is 5.14 Å². The molecule has 0 rings (SSSR count). The van der Waals surface area contributed by atoms with Gasteiger partial charge in [0.15, 0.2) is 0 Å². The van der Waals surface area contributed by atoms with Gasteiger partial charge < -0.3 is 9.84 Å². The summed E-state index contributed by atoms with van der Waals surface area (Å²) in [5.41, 5.74) is 0. The predicted octanol–water partition coefficient (Wildman–Crippen LogP) is -1.69. The second-order valence-corrected chi connectivity index (χ2v) is 4.76. The Morgan fingerprint density at radius 2 is 2.07 bits per heavy atom. The van der Waals surface area contributed by atoms with Crippen LogP contribution in [0.3, 0.4) is 0 Å². The molecule has 0 aliphatic rings. The third-order valence-electron chi connectivity index (χ3n) is 1.66. The van der Waals surface area contributed by atoms with Gasteiger partial charge in [0.05, 0.1) is 18.9 Å². The molecular weight excluding hydrogens is 224 g/mol.